The van der Waals surface area contributed by atoms with Gasteiger partial charge in [0.2, 0.25) is 0 Å². The number of rotatable bonds is 2. The summed E-state index contributed by atoms with van der Waals surface area (Å²) in [6.45, 7) is 1.22. The molecule has 0 radical (unpaired) electrons. The van der Waals surface area contributed by atoms with Crippen LogP contribution in [0.25, 0.3) is 0 Å². The Labute approximate surface area is 99.9 Å². The molecule has 2 unspecified atom stereocenters. The molecule has 2 atom stereocenters. The van der Waals surface area contributed by atoms with Crippen molar-refractivity contribution >= 4 is 11.7 Å². The fraction of sp³-hybridized carbons (Fsp3) is 0.462. The highest BCUT2D eigenvalue weighted by molar-refractivity contribution is 5.83. The van der Waals surface area contributed by atoms with Crippen molar-refractivity contribution in [1.29, 1.82) is 0 Å². The molecule has 4 heteroatoms. The lowest BCUT2D eigenvalue weighted by Gasteiger charge is -2.14. The maximum atomic E-state index is 11.9. The van der Waals surface area contributed by atoms with Crippen LogP contribution in [0.3, 0.4) is 0 Å². The maximum absolute atomic E-state index is 11.9. The van der Waals surface area contributed by atoms with E-state index in [1.165, 1.54) is 5.56 Å². The third-order valence-electron chi connectivity index (χ3n) is 3.23. The van der Waals surface area contributed by atoms with Crippen molar-refractivity contribution < 1.29 is 14.3 Å². The Kier molecular flexibility index (Phi) is 2.73. The number of esters is 1. The van der Waals surface area contributed by atoms with Crippen LogP contribution in [0.1, 0.15) is 12.0 Å². The number of para-hydroxylation sites is 1. The average molecular weight is 233 g/mol. The Balaban J connectivity index is 1.62. The Hall–Kier alpha value is -1.55. The van der Waals surface area contributed by atoms with E-state index in [2.05, 4.69) is 5.32 Å². The number of carbonyl (C=O) groups is 1. The largest absolute Gasteiger partial charge is 0.458 e. The minimum Gasteiger partial charge on any atom is -0.458 e. The van der Waals surface area contributed by atoms with Gasteiger partial charge < -0.3 is 14.8 Å². The predicted molar refractivity (Wildman–Crippen MR) is 62.9 cm³/mol. The molecule has 2 aliphatic heterocycles. The Morgan fingerprint density at radius 3 is 3.06 bits per heavy atom. The van der Waals surface area contributed by atoms with Gasteiger partial charge in [-0.15, -0.1) is 0 Å². The molecule has 1 fully saturated rings. The van der Waals surface area contributed by atoms with Gasteiger partial charge >= 0.3 is 5.97 Å². The highest BCUT2D eigenvalue weighted by Crippen LogP contribution is 2.26. The van der Waals surface area contributed by atoms with Crippen LogP contribution < -0.4 is 5.32 Å². The highest BCUT2D eigenvalue weighted by atomic mass is 16.6. The van der Waals surface area contributed by atoms with Gasteiger partial charge in [0, 0.05) is 18.5 Å². The number of benzene rings is 1. The zero-order chi connectivity index (χ0) is 11.7. The number of fused-ring (bicyclic) bond motifs is 1. The molecular weight excluding hydrogens is 218 g/mol. The van der Waals surface area contributed by atoms with E-state index in [0.717, 1.165) is 12.1 Å². The smallest absolute Gasteiger partial charge is 0.329 e. The van der Waals surface area contributed by atoms with Crippen LogP contribution >= 0.6 is 0 Å². The van der Waals surface area contributed by atoms with Gasteiger partial charge in [-0.05, 0) is 11.6 Å². The van der Waals surface area contributed by atoms with E-state index in [4.69, 9.17) is 9.47 Å². The monoisotopic (exact) mass is 233 g/mol. The van der Waals surface area contributed by atoms with Crippen LogP contribution in [0.2, 0.25) is 0 Å². The molecule has 4 nitrogen and oxygen atoms in total. The number of hydrogen-bond donors (Lipinski definition) is 1. The van der Waals surface area contributed by atoms with Crippen molar-refractivity contribution in [2.45, 2.75) is 25.0 Å². The number of ether oxygens (including phenoxy) is 2. The first-order chi connectivity index (χ1) is 8.33. The fourth-order valence-corrected chi connectivity index (χ4v) is 2.29. The lowest BCUT2D eigenvalue weighted by Crippen LogP contribution is -2.32. The summed E-state index contributed by atoms with van der Waals surface area (Å²) in [6, 6.07) is 7.73. The average Bonchev–Trinajstić information content (AvgIpc) is 2.96. The quantitative estimate of drug-likeness (QED) is 0.783. The second-order valence-corrected chi connectivity index (χ2v) is 4.48. The zero-order valence-electron chi connectivity index (χ0n) is 9.52. The molecule has 1 aromatic rings. The molecule has 2 aliphatic rings. The Morgan fingerprint density at radius 2 is 2.29 bits per heavy atom. The number of anilines is 1. The van der Waals surface area contributed by atoms with Gasteiger partial charge in [0.05, 0.1) is 13.2 Å². The van der Waals surface area contributed by atoms with Crippen molar-refractivity contribution in [3.63, 3.8) is 0 Å². The van der Waals surface area contributed by atoms with Crippen LogP contribution in [0.4, 0.5) is 5.69 Å². The van der Waals surface area contributed by atoms with Gasteiger partial charge in [0.1, 0.15) is 12.1 Å². The van der Waals surface area contributed by atoms with Gasteiger partial charge in [0.15, 0.2) is 0 Å². The van der Waals surface area contributed by atoms with Crippen molar-refractivity contribution in [3.8, 4) is 0 Å². The normalized spacial score (nSPS) is 26.4. The van der Waals surface area contributed by atoms with E-state index in [1.54, 1.807) is 0 Å². The lowest BCUT2D eigenvalue weighted by molar-refractivity contribution is -0.149. The molecule has 2 heterocycles. The summed E-state index contributed by atoms with van der Waals surface area (Å²) in [5.74, 6) is -0.170. The fourth-order valence-electron chi connectivity index (χ4n) is 2.29. The Bertz CT molecular complexity index is 401. The van der Waals surface area contributed by atoms with E-state index in [0.29, 0.717) is 19.6 Å². The standard InChI is InChI=1S/C13H15NO3/c15-13(17-10-5-6-16-8-10)12-7-9-3-1-2-4-11(9)14-12/h1-4,10,12,14H,5-8H2. The molecule has 17 heavy (non-hydrogen) atoms. The van der Waals surface area contributed by atoms with E-state index < -0.39 is 0 Å². The summed E-state index contributed by atoms with van der Waals surface area (Å²) in [7, 11) is 0. The number of carbonyl (C=O) groups excluding carboxylic acids is 1. The molecule has 1 N–H and O–H groups in total. The van der Waals surface area contributed by atoms with Crippen LogP contribution in [-0.2, 0) is 20.7 Å². The van der Waals surface area contributed by atoms with Crippen molar-refractivity contribution in [2.24, 2.45) is 0 Å². The molecule has 0 spiro atoms. The summed E-state index contributed by atoms with van der Waals surface area (Å²) >= 11 is 0. The summed E-state index contributed by atoms with van der Waals surface area (Å²) in [5.41, 5.74) is 2.22. The third-order valence-corrected chi connectivity index (χ3v) is 3.23. The van der Waals surface area contributed by atoms with E-state index in [9.17, 15) is 4.79 Å². The van der Waals surface area contributed by atoms with Crippen LogP contribution in [0, 0.1) is 0 Å². The first kappa shape index (κ1) is 10.6. The molecule has 3 rings (SSSR count). The third kappa shape index (κ3) is 2.13. The van der Waals surface area contributed by atoms with E-state index >= 15 is 0 Å². The minimum absolute atomic E-state index is 0.0620. The lowest BCUT2D eigenvalue weighted by atomic mass is 10.1. The first-order valence-corrected chi connectivity index (χ1v) is 5.95. The predicted octanol–water partition coefficient (Wildman–Crippen LogP) is 1.36. The molecule has 0 bridgehead atoms. The van der Waals surface area contributed by atoms with Gasteiger partial charge in [-0.1, -0.05) is 18.2 Å². The topological polar surface area (TPSA) is 47.6 Å². The molecule has 1 saturated heterocycles. The van der Waals surface area contributed by atoms with Crippen LogP contribution in [-0.4, -0.2) is 31.3 Å². The second kappa shape index (κ2) is 4.37. The molecular formula is C13H15NO3. The second-order valence-electron chi connectivity index (χ2n) is 4.48. The summed E-state index contributed by atoms with van der Waals surface area (Å²) in [6.07, 6.45) is 1.46. The highest BCUT2D eigenvalue weighted by Gasteiger charge is 2.30. The Morgan fingerprint density at radius 1 is 1.41 bits per heavy atom. The molecule has 0 amide bonds. The van der Waals surface area contributed by atoms with E-state index in [-0.39, 0.29) is 18.1 Å². The van der Waals surface area contributed by atoms with Gasteiger partial charge in [0.25, 0.3) is 0 Å². The first-order valence-electron chi connectivity index (χ1n) is 5.95. The molecule has 0 aliphatic carbocycles. The zero-order valence-corrected chi connectivity index (χ0v) is 9.52. The van der Waals surface area contributed by atoms with Crippen molar-refractivity contribution in [3.05, 3.63) is 29.8 Å². The van der Waals surface area contributed by atoms with Crippen LogP contribution in [0.15, 0.2) is 24.3 Å². The molecule has 1 aromatic carbocycles. The number of hydrogen-bond acceptors (Lipinski definition) is 4. The number of nitrogens with one attached hydrogen (secondary N) is 1. The van der Waals surface area contributed by atoms with Gasteiger partial charge in [-0.3, -0.25) is 0 Å². The van der Waals surface area contributed by atoms with Gasteiger partial charge in [-0.25, -0.2) is 4.79 Å². The minimum atomic E-state index is -0.243. The van der Waals surface area contributed by atoms with E-state index in [1.807, 2.05) is 24.3 Å². The molecule has 90 valence electrons. The molecule has 0 aromatic heterocycles. The van der Waals surface area contributed by atoms with Crippen molar-refractivity contribution in [1.82, 2.24) is 0 Å². The summed E-state index contributed by atoms with van der Waals surface area (Å²) in [5, 5.41) is 3.19. The van der Waals surface area contributed by atoms with Gasteiger partial charge in [-0.2, -0.15) is 0 Å². The SMILES string of the molecule is O=C(OC1CCOC1)C1Cc2ccccc2N1. The maximum Gasteiger partial charge on any atom is 0.329 e. The van der Waals surface area contributed by atoms with Crippen molar-refractivity contribution in [2.75, 3.05) is 18.5 Å². The summed E-state index contributed by atoms with van der Waals surface area (Å²) < 4.78 is 10.6. The summed E-state index contributed by atoms with van der Waals surface area (Å²) in [4.78, 5) is 11.9. The molecule has 0 saturated carbocycles. The van der Waals surface area contributed by atoms with Crippen LogP contribution in [0.5, 0.6) is 0 Å².